The van der Waals surface area contributed by atoms with Gasteiger partial charge in [0.05, 0.1) is 0 Å². The maximum atomic E-state index is 13.1. The molecule has 2 N–H and O–H groups in total. The van der Waals surface area contributed by atoms with E-state index in [0.717, 1.165) is 11.1 Å². The van der Waals surface area contributed by atoms with E-state index in [1.807, 2.05) is 61.2 Å². The van der Waals surface area contributed by atoms with Gasteiger partial charge in [-0.25, -0.2) is 0 Å². The molecule has 0 unspecified atom stereocenters. The standard InChI is InChI=1S/C27H35N3O4/c1-19-8-10-22(11-9-19)27(33)30-15-12-21(13-16-30)24(26(32)28-14-5-17-34-3)29-25(31)23-7-4-6-20(2)18-23/h4,6-11,18,21,24H,5,12-17H2,1-3H3,(H,28,32)(H,29,31)/t24-/m0/s1. The van der Waals surface area contributed by atoms with Crippen LogP contribution in [-0.4, -0.2) is 62.0 Å². The predicted molar refractivity (Wildman–Crippen MR) is 132 cm³/mol. The SMILES string of the molecule is COCCCNC(=O)[C@@H](NC(=O)c1cccc(C)c1)C1CCN(C(=O)c2ccc(C)cc2)CC1. The van der Waals surface area contributed by atoms with Crippen molar-refractivity contribution in [3.63, 3.8) is 0 Å². The Kier molecular flexibility index (Phi) is 9.22. The molecule has 182 valence electrons. The smallest absolute Gasteiger partial charge is 0.253 e. The van der Waals surface area contributed by atoms with Crippen molar-refractivity contribution < 1.29 is 19.1 Å². The third-order valence-corrected chi connectivity index (χ3v) is 6.27. The number of aryl methyl sites for hydroxylation is 2. The fourth-order valence-electron chi connectivity index (χ4n) is 4.26. The number of carbonyl (C=O) groups is 3. The van der Waals surface area contributed by atoms with E-state index >= 15 is 0 Å². The molecule has 1 heterocycles. The zero-order valence-corrected chi connectivity index (χ0v) is 20.3. The molecule has 7 heteroatoms. The summed E-state index contributed by atoms with van der Waals surface area (Å²) in [5, 5.41) is 5.90. The molecule has 2 aromatic carbocycles. The summed E-state index contributed by atoms with van der Waals surface area (Å²) >= 11 is 0. The highest BCUT2D eigenvalue weighted by Crippen LogP contribution is 2.23. The van der Waals surface area contributed by atoms with Gasteiger partial charge in [0.1, 0.15) is 6.04 Å². The van der Waals surface area contributed by atoms with Gasteiger partial charge >= 0.3 is 0 Å². The zero-order chi connectivity index (χ0) is 24.5. The number of nitrogens with one attached hydrogen (secondary N) is 2. The number of piperidine rings is 1. The average Bonchev–Trinajstić information content (AvgIpc) is 2.85. The summed E-state index contributed by atoms with van der Waals surface area (Å²) in [5.41, 5.74) is 3.29. The summed E-state index contributed by atoms with van der Waals surface area (Å²) in [6.45, 7) is 6.05. The van der Waals surface area contributed by atoms with Gasteiger partial charge in [0.25, 0.3) is 11.8 Å². The first-order valence-electron chi connectivity index (χ1n) is 11.9. The maximum absolute atomic E-state index is 13.1. The van der Waals surface area contributed by atoms with Crippen LogP contribution >= 0.6 is 0 Å². The number of benzene rings is 2. The van der Waals surface area contributed by atoms with Crippen molar-refractivity contribution >= 4 is 17.7 Å². The van der Waals surface area contributed by atoms with Gasteiger partial charge in [-0.05, 0) is 63.3 Å². The number of ether oxygens (including phenoxy) is 1. The molecular weight excluding hydrogens is 430 g/mol. The van der Waals surface area contributed by atoms with Crippen molar-refractivity contribution in [2.45, 2.75) is 39.2 Å². The number of nitrogens with zero attached hydrogens (tertiary/aromatic N) is 1. The van der Waals surface area contributed by atoms with E-state index in [2.05, 4.69) is 10.6 Å². The van der Waals surface area contributed by atoms with Crippen LogP contribution in [0.2, 0.25) is 0 Å². The van der Waals surface area contributed by atoms with Crippen LogP contribution in [0.1, 0.15) is 51.1 Å². The summed E-state index contributed by atoms with van der Waals surface area (Å²) < 4.78 is 5.05. The summed E-state index contributed by atoms with van der Waals surface area (Å²) in [7, 11) is 1.62. The van der Waals surface area contributed by atoms with E-state index in [1.54, 1.807) is 13.2 Å². The van der Waals surface area contributed by atoms with Gasteiger partial charge in [-0.3, -0.25) is 14.4 Å². The van der Waals surface area contributed by atoms with Crippen LogP contribution in [0.15, 0.2) is 48.5 Å². The molecule has 1 fully saturated rings. The first kappa shape index (κ1) is 25.4. The largest absolute Gasteiger partial charge is 0.385 e. The molecule has 1 atom stereocenters. The first-order valence-corrected chi connectivity index (χ1v) is 11.9. The minimum atomic E-state index is -0.660. The Morgan fingerprint density at radius 3 is 2.35 bits per heavy atom. The van der Waals surface area contributed by atoms with Crippen molar-refractivity contribution in [1.29, 1.82) is 0 Å². The Labute approximate surface area is 201 Å². The van der Waals surface area contributed by atoms with Crippen LogP contribution in [0.25, 0.3) is 0 Å². The quantitative estimate of drug-likeness (QED) is 0.557. The van der Waals surface area contributed by atoms with Crippen LogP contribution in [0, 0.1) is 19.8 Å². The maximum Gasteiger partial charge on any atom is 0.253 e. The Balaban J connectivity index is 1.66. The number of amides is 3. The second-order valence-electron chi connectivity index (χ2n) is 8.95. The number of likely N-dealkylation sites (tertiary alicyclic amines) is 1. The van der Waals surface area contributed by atoms with E-state index < -0.39 is 6.04 Å². The highest BCUT2D eigenvalue weighted by Gasteiger charge is 2.34. The van der Waals surface area contributed by atoms with Crippen LogP contribution < -0.4 is 10.6 Å². The van der Waals surface area contributed by atoms with E-state index in [9.17, 15) is 14.4 Å². The van der Waals surface area contributed by atoms with Crippen molar-refractivity contribution in [1.82, 2.24) is 15.5 Å². The van der Waals surface area contributed by atoms with Crippen molar-refractivity contribution in [3.8, 4) is 0 Å². The third kappa shape index (κ3) is 6.90. The van der Waals surface area contributed by atoms with Crippen LogP contribution in [0.4, 0.5) is 0 Å². The van der Waals surface area contributed by atoms with Gasteiger partial charge in [-0.1, -0.05) is 35.4 Å². The second kappa shape index (κ2) is 12.3. The topological polar surface area (TPSA) is 87.7 Å². The molecule has 0 spiro atoms. The third-order valence-electron chi connectivity index (χ3n) is 6.27. The molecule has 3 amide bonds. The van der Waals surface area contributed by atoms with Gasteiger partial charge in [0, 0.05) is 44.5 Å². The van der Waals surface area contributed by atoms with Crippen LogP contribution in [-0.2, 0) is 9.53 Å². The average molecular weight is 466 g/mol. The number of hydrogen-bond donors (Lipinski definition) is 2. The van der Waals surface area contributed by atoms with E-state index in [-0.39, 0.29) is 23.6 Å². The molecule has 2 aromatic rings. The monoisotopic (exact) mass is 465 g/mol. The van der Waals surface area contributed by atoms with Crippen molar-refractivity contribution in [3.05, 3.63) is 70.8 Å². The predicted octanol–water partition coefficient (Wildman–Crippen LogP) is 3.11. The highest BCUT2D eigenvalue weighted by atomic mass is 16.5. The van der Waals surface area contributed by atoms with Gasteiger partial charge in [-0.15, -0.1) is 0 Å². The van der Waals surface area contributed by atoms with Gasteiger partial charge < -0.3 is 20.3 Å². The fourth-order valence-corrected chi connectivity index (χ4v) is 4.26. The Hall–Kier alpha value is -3.19. The Morgan fingerprint density at radius 2 is 1.71 bits per heavy atom. The lowest BCUT2D eigenvalue weighted by molar-refractivity contribution is -0.124. The number of hydrogen-bond acceptors (Lipinski definition) is 4. The van der Waals surface area contributed by atoms with Gasteiger partial charge in [0.2, 0.25) is 5.91 Å². The highest BCUT2D eigenvalue weighted by molar-refractivity contribution is 5.98. The number of rotatable bonds is 9. The van der Waals surface area contributed by atoms with E-state index in [4.69, 9.17) is 4.74 Å². The molecule has 0 aliphatic carbocycles. The lowest BCUT2D eigenvalue weighted by Crippen LogP contribution is -2.54. The minimum absolute atomic E-state index is 0.00261. The molecular formula is C27H35N3O4. The molecule has 3 rings (SSSR count). The summed E-state index contributed by atoms with van der Waals surface area (Å²) in [6.07, 6.45) is 1.98. The molecule has 1 aliphatic heterocycles. The molecule has 1 aliphatic rings. The Bertz CT molecular complexity index is 982. The second-order valence-corrected chi connectivity index (χ2v) is 8.95. The molecule has 34 heavy (non-hydrogen) atoms. The van der Waals surface area contributed by atoms with Crippen molar-refractivity contribution in [2.24, 2.45) is 5.92 Å². The summed E-state index contributed by atoms with van der Waals surface area (Å²) in [4.78, 5) is 40.7. The van der Waals surface area contributed by atoms with E-state index in [0.29, 0.717) is 56.6 Å². The molecule has 1 saturated heterocycles. The zero-order valence-electron chi connectivity index (χ0n) is 20.3. The summed E-state index contributed by atoms with van der Waals surface area (Å²) in [6, 6.07) is 14.2. The minimum Gasteiger partial charge on any atom is -0.385 e. The molecule has 0 bridgehead atoms. The lowest BCUT2D eigenvalue weighted by Gasteiger charge is -2.36. The van der Waals surface area contributed by atoms with Crippen LogP contribution in [0.3, 0.4) is 0 Å². The van der Waals surface area contributed by atoms with E-state index in [1.165, 1.54) is 0 Å². The Morgan fingerprint density at radius 1 is 1.00 bits per heavy atom. The first-order chi connectivity index (χ1) is 16.4. The van der Waals surface area contributed by atoms with Gasteiger partial charge in [-0.2, -0.15) is 0 Å². The number of methoxy groups -OCH3 is 1. The molecule has 0 saturated carbocycles. The van der Waals surface area contributed by atoms with Gasteiger partial charge in [0.15, 0.2) is 0 Å². The molecule has 0 radical (unpaired) electrons. The van der Waals surface area contributed by atoms with Crippen LogP contribution in [0.5, 0.6) is 0 Å². The normalized spacial score (nSPS) is 15.0. The van der Waals surface area contributed by atoms with Crippen molar-refractivity contribution in [2.75, 3.05) is 33.4 Å². The number of carbonyl (C=O) groups excluding carboxylic acids is 3. The lowest BCUT2D eigenvalue weighted by atomic mass is 9.88. The molecule has 0 aromatic heterocycles. The summed E-state index contributed by atoms with van der Waals surface area (Å²) in [5.74, 6) is -0.514. The molecule has 7 nitrogen and oxygen atoms in total. The fraction of sp³-hybridized carbons (Fsp3) is 0.444.